The van der Waals surface area contributed by atoms with Gasteiger partial charge in [0, 0.05) is 0 Å². The second kappa shape index (κ2) is 3.32. The van der Waals surface area contributed by atoms with Crippen LogP contribution in [0, 0.1) is 0 Å². The van der Waals surface area contributed by atoms with E-state index in [1.807, 2.05) is 0 Å². The van der Waals surface area contributed by atoms with Crippen LogP contribution >= 0.6 is 0 Å². The Morgan fingerprint density at radius 3 is 0.900 bits per heavy atom. The fraction of sp³-hybridized carbons (Fsp3) is 1.00. The van der Waals surface area contributed by atoms with Crippen molar-refractivity contribution < 1.29 is 30.4 Å². The summed E-state index contributed by atoms with van der Waals surface area (Å²) in [5.41, 5.74) is 0. The van der Waals surface area contributed by atoms with Crippen LogP contribution in [-0.2, 0) is 30.4 Å². The van der Waals surface area contributed by atoms with E-state index in [0.29, 0.717) is 0 Å². The summed E-state index contributed by atoms with van der Waals surface area (Å²) in [6, 6.07) is 0. The number of hydrogen-bond donors (Lipinski definition) is 0. The normalized spacial score (nSPS) is 16.3. The topological polar surface area (TPSA) is 36.9 Å². The predicted octanol–water partition coefficient (Wildman–Crippen LogP) is 0.970. The molecule has 0 atom stereocenters. The predicted molar refractivity (Wildman–Crippen MR) is 33.9 cm³/mol. The van der Waals surface area contributed by atoms with Crippen molar-refractivity contribution in [3.8, 4) is 0 Å². The van der Waals surface area contributed by atoms with Crippen LogP contribution in [0.3, 0.4) is 0 Å². The van der Waals surface area contributed by atoms with Gasteiger partial charge in [0.25, 0.3) is 0 Å². The van der Waals surface area contributed by atoms with E-state index in [0.717, 1.165) is 0 Å². The van der Waals surface area contributed by atoms with Crippen molar-refractivity contribution in [3.63, 3.8) is 0 Å². The van der Waals surface area contributed by atoms with Crippen molar-refractivity contribution in [1.82, 2.24) is 0 Å². The van der Waals surface area contributed by atoms with E-state index in [1.54, 1.807) is 5.14 Å². The molecule has 0 unspecified atom stereocenters. The molecule has 0 spiro atoms. The molecule has 0 N–H and O–H groups in total. The average molecular weight is 232 g/mol. The Morgan fingerprint density at radius 2 is 0.900 bits per heavy atom. The minimum atomic E-state index is -3.92. The van der Waals surface area contributed by atoms with Crippen LogP contribution in [0.2, 0.25) is 5.14 Å². The first-order chi connectivity index (χ1) is 4.54. The summed E-state index contributed by atoms with van der Waals surface area (Å²) in [4.78, 5) is 0. The second-order valence-electron chi connectivity index (χ2n) is 1.91. The summed E-state index contributed by atoms with van der Waals surface area (Å²) in [7, 11) is 6.10. The zero-order valence-electron chi connectivity index (χ0n) is 7.08. The zero-order chi connectivity index (χ0) is 8.28. The SMILES string of the molecule is C[O][Nb]([CH3])([O]C)([O]C)[O]C. The molecule has 64 valence electrons. The average Bonchev–Trinajstić information content (AvgIpc) is 2.04. The first kappa shape index (κ1) is 10.6. The molecule has 0 saturated carbocycles. The van der Waals surface area contributed by atoms with Gasteiger partial charge in [0.2, 0.25) is 0 Å². The Kier molecular flexibility index (Phi) is 3.51. The van der Waals surface area contributed by atoms with Gasteiger partial charge in [-0.05, 0) is 0 Å². The van der Waals surface area contributed by atoms with Gasteiger partial charge in [0.1, 0.15) is 0 Å². The van der Waals surface area contributed by atoms with Crippen molar-refractivity contribution in [2.24, 2.45) is 0 Å². The van der Waals surface area contributed by atoms with Gasteiger partial charge in [-0.1, -0.05) is 0 Å². The number of rotatable bonds is 4. The third-order valence-electron chi connectivity index (χ3n) is 1.62. The van der Waals surface area contributed by atoms with E-state index >= 15 is 0 Å². The fourth-order valence-electron chi connectivity index (χ4n) is 0.447. The van der Waals surface area contributed by atoms with E-state index < -0.39 is 17.4 Å². The van der Waals surface area contributed by atoms with Crippen molar-refractivity contribution in [1.29, 1.82) is 0 Å². The van der Waals surface area contributed by atoms with Gasteiger partial charge >= 0.3 is 64.0 Å². The minimum absolute atomic E-state index is 1.53. The number of hydrogen-bond acceptors (Lipinski definition) is 4. The van der Waals surface area contributed by atoms with Gasteiger partial charge in [-0.25, -0.2) is 0 Å². The fourth-order valence-corrected chi connectivity index (χ4v) is 2.65. The maximum atomic E-state index is 5.11. The molecule has 0 heterocycles. The quantitative estimate of drug-likeness (QED) is 0.677. The zero-order valence-corrected chi connectivity index (χ0v) is 9.28. The van der Waals surface area contributed by atoms with Crippen molar-refractivity contribution in [2.45, 2.75) is 5.14 Å². The first-order valence-corrected chi connectivity index (χ1v) is 8.60. The van der Waals surface area contributed by atoms with Crippen LogP contribution in [0.15, 0.2) is 0 Å². The van der Waals surface area contributed by atoms with E-state index in [9.17, 15) is 0 Å². The van der Waals surface area contributed by atoms with Crippen molar-refractivity contribution in [2.75, 3.05) is 28.4 Å². The second-order valence-corrected chi connectivity index (χ2v) is 11.3. The van der Waals surface area contributed by atoms with Crippen LogP contribution in [0.1, 0.15) is 0 Å². The summed E-state index contributed by atoms with van der Waals surface area (Å²) in [5.74, 6) is 0. The summed E-state index contributed by atoms with van der Waals surface area (Å²) in [6.45, 7) is 0. The maximum absolute atomic E-state index is 5.11. The van der Waals surface area contributed by atoms with Crippen LogP contribution in [0.4, 0.5) is 0 Å². The van der Waals surface area contributed by atoms with Crippen molar-refractivity contribution >= 4 is 0 Å². The van der Waals surface area contributed by atoms with Crippen LogP contribution in [0.5, 0.6) is 0 Å². The summed E-state index contributed by atoms with van der Waals surface area (Å²) >= 11 is -3.92. The molecule has 0 aromatic carbocycles. The summed E-state index contributed by atoms with van der Waals surface area (Å²) in [5, 5.41) is 1.74. The molecule has 5 heteroatoms. The molecule has 10 heavy (non-hydrogen) atoms. The van der Waals surface area contributed by atoms with E-state index in [-0.39, 0.29) is 0 Å². The summed E-state index contributed by atoms with van der Waals surface area (Å²) < 4.78 is 20.4. The molecule has 0 saturated heterocycles. The van der Waals surface area contributed by atoms with Crippen LogP contribution < -0.4 is 0 Å². The Balaban J connectivity index is 4.42. The third-order valence-corrected chi connectivity index (χ3v) is 9.61. The Morgan fingerprint density at radius 1 is 0.700 bits per heavy atom. The Hall–Kier alpha value is 0.580. The molecule has 0 aromatic rings. The molecule has 4 nitrogen and oxygen atoms in total. The van der Waals surface area contributed by atoms with E-state index in [4.69, 9.17) is 13.0 Å². The van der Waals surface area contributed by atoms with Crippen LogP contribution in [-0.4, -0.2) is 28.4 Å². The van der Waals surface area contributed by atoms with Gasteiger partial charge < -0.3 is 0 Å². The molecule has 0 aromatic heterocycles. The summed E-state index contributed by atoms with van der Waals surface area (Å²) in [6.07, 6.45) is 0. The molecular formula is C5H15NbO4. The molecule has 0 radical (unpaired) electrons. The van der Waals surface area contributed by atoms with E-state index in [1.165, 1.54) is 28.4 Å². The van der Waals surface area contributed by atoms with Gasteiger partial charge in [0.15, 0.2) is 0 Å². The van der Waals surface area contributed by atoms with Gasteiger partial charge in [-0.3, -0.25) is 0 Å². The van der Waals surface area contributed by atoms with Crippen molar-refractivity contribution in [3.05, 3.63) is 0 Å². The third kappa shape index (κ3) is 1.79. The first-order valence-electron chi connectivity index (χ1n) is 2.81. The van der Waals surface area contributed by atoms with Gasteiger partial charge in [-0.2, -0.15) is 0 Å². The molecule has 0 amide bonds. The van der Waals surface area contributed by atoms with Crippen LogP contribution in [0.25, 0.3) is 0 Å². The Bertz CT molecular complexity index is 88.7. The molecule has 0 aliphatic rings. The molecule has 0 aliphatic carbocycles. The van der Waals surface area contributed by atoms with Gasteiger partial charge in [0.05, 0.1) is 0 Å². The monoisotopic (exact) mass is 232 g/mol. The molecule has 0 aliphatic heterocycles. The molecule has 0 rings (SSSR count). The van der Waals surface area contributed by atoms with Gasteiger partial charge in [-0.15, -0.1) is 0 Å². The van der Waals surface area contributed by atoms with E-state index in [2.05, 4.69) is 0 Å². The standard InChI is InChI=1S/4CH3O.CH3.Nb/c4*1-2;;/h4*1H3;1H3;/q4*-1;;+4. The molecule has 0 bridgehead atoms. The molecule has 0 fully saturated rings. The Labute approximate surface area is 64.3 Å². The molecular weight excluding hydrogens is 217 g/mol.